The van der Waals surface area contributed by atoms with Gasteiger partial charge in [0, 0.05) is 53.6 Å². The summed E-state index contributed by atoms with van der Waals surface area (Å²) in [4.78, 5) is 44.8. The number of amides is 2. The molecule has 2 aromatic heterocycles. The van der Waals surface area contributed by atoms with Crippen LogP contribution in [0.15, 0.2) is 67.0 Å². The first kappa shape index (κ1) is 34.1. The van der Waals surface area contributed by atoms with Crippen LogP contribution < -0.4 is 20.1 Å². The van der Waals surface area contributed by atoms with Crippen molar-refractivity contribution in [3.05, 3.63) is 95.3 Å². The molecule has 3 aromatic carbocycles. The molecule has 2 fully saturated rings. The lowest BCUT2D eigenvalue weighted by atomic mass is 9.87. The molecule has 4 N–H and O–H groups in total. The number of hydrogen-bond donors (Lipinski definition) is 4. The molecule has 278 valence electrons. The zero-order chi connectivity index (χ0) is 36.9. The second-order valence-corrected chi connectivity index (χ2v) is 14.8. The molecule has 0 spiro atoms. The Morgan fingerprint density at radius 3 is 2.20 bits per heavy atom. The minimum Gasteiger partial charge on any atom is -0.488 e. The SMILES string of the molecule is COC[C@@H]1CN[C@H](c2ncc(-c3cc4c5c(c3)OCc3cc(-c6cnc([C@@H]7C[C@H](C)CN7C(=O)[C@H](NC(=O)OC)c7ccccc7)[nH]6)cc(c3-5)OC4)[nH]2)C1. The minimum absolute atomic E-state index is 0.175. The van der Waals surface area contributed by atoms with E-state index >= 15 is 0 Å². The van der Waals surface area contributed by atoms with Crippen molar-refractivity contribution >= 4 is 12.0 Å². The molecule has 6 heterocycles. The van der Waals surface area contributed by atoms with Crippen molar-refractivity contribution in [1.82, 2.24) is 35.5 Å². The number of aromatic amines is 2. The number of carbonyl (C=O) groups is 2. The van der Waals surface area contributed by atoms with Crippen LogP contribution in [0.2, 0.25) is 0 Å². The van der Waals surface area contributed by atoms with E-state index in [4.69, 9.17) is 28.9 Å². The third kappa shape index (κ3) is 6.16. The number of benzene rings is 3. The highest BCUT2D eigenvalue weighted by Gasteiger charge is 2.40. The molecule has 5 aromatic rings. The highest BCUT2D eigenvalue weighted by atomic mass is 16.5. The largest absolute Gasteiger partial charge is 0.488 e. The molecule has 5 atom stereocenters. The van der Waals surface area contributed by atoms with Gasteiger partial charge in [0.25, 0.3) is 5.91 Å². The molecule has 13 nitrogen and oxygen atoms in total. The number of methoxy groups -OCH3 is 2. The van der Waals surface area contributed by atoms with Crippen LogP contribution in [0.4, 0.5) is 4.79 Å². The lowest BCUT2D eigenvalue weighted by Gasteiger charge is -2.30. The van der Waals surface area contributed by atoms with Gasteiger partial charge in [-0.05, 0) is 54.5 Å². The summed E-state index contributed by atoms with van der Waals surface area (Å²) in [5, 5.41) is 6.30. The quantitative estimate of drug-likeness (QED) is 0.138. The third-order valence-corrected chi connectivity index (χ3v) is 11.1. The zero-order valence-electron chi connectivity index (χ0n) is 30.5. The van der Waals surface area contributed by atoms with Gasteiger partial charge in [-0.2, -0.15) is 0 Å². The molecule has 0 unspecified atom stereocenters. The second kappa shape index (κ2) is 14.0. The Bertz CT molecular complexity index is 2170. The number of H-pyrrole nitrogens is 2. The van der Waals surface area contributed by atoms with Gasteiger partial charge in [-0.15, -0.1) is 0 Å². The number of rotatable bonds is 9. The summed E-state index contributed by atoms with van der Waals surface area (Å²) in [7, 11) is 3.04. The molecule has 13 heteroatoms. The lowest BCUT2D eigenvalue weighted by Crippen LogP contribution is -2.43. The number of aromatic nitrogens is 4. The van der Waals surface area contributed by atoms with Crippen molar-refractivity contribution in [3.8, 4) is 45.1 Å². The normalized spacial score (nSPS) is 21.6. The Labute approximate surface area is 312 Å². The number of carbonyl (C=O) groups excluding carboxylic acids is 2. The maximum Gasteiger partial charge on any atom is 0.407 e. The van der Waals surface area contributed by atoms with Gasteiger partial charge in [0.1, 0.15) is 42.4 Å². The Balaban J connectivity index is 0.969. The molecule has 4 aliphatic heterocycles. The van der Waals surface area contributed by atoms with Crippen molar-refractivity contribution in [1.29, 1.82) is 0 Å². The first-order valence-electron chi connectivity index (χ1n) is 18.5. The predicted octanol–water partition coefficient (Wildman–Crippen LogP) is 6.22. The van der Waals surface area contributed by atoms with E-state index in [0.29, 0.717) is 37.1 Å². The van der Waals surface area contributed by atoms with Gasteiger partial charge in [0.15, 0.2) is 0 Å². The summed E-state index contributed by atoms with van der Waals surface area (Å²) in [6.45, 7) is 5.12. The Hall–Kier alpha value is -5.66. The number of hydrogen-bond acceptors (Lipinski definition) is 9. The highest BCUT2D eigenvalue weighted by Crippen LogP contribution is 2.51. The average Bonchev–Trinajstić information content (AvgIpc) is 4.03. The monoisotopic (exact) mass is 729 g/mol. The van der Waals surface area contributed by atoms with Gasteiger partial charge >= 0.3 is 6.09 Å². The summed E-state index contributed by atoms with van der Waals surface area (Å²) in [6, 6.07) is 16.7. The molecule has 2 amide bonds. The highest BCUT2D eigenvalue weighted by molar-refractivity contribution is 5.89. The van der Waals surface area contributed by atoms with Crippen LogP contribution in [0.3, 0.4) is 0 Å². The molecule has 0 radical (unpaired) electrons. The molecule has 0 aliphatic carbocycles. The van der Waals surface area contributed by atoms with Crippen LogP contribution in [0.25, 0.3) is 33.6 Å². The van der Waals surface area contributed by atoms with E-state index in [1.807, 2.05) is 47.6 Å². The molecule has 9 rings (SSSR count). The zero-order valence-corrected chi connectivity index (χ0v) is 30.5. The molecular weight excluding hydrogens is 686 g/mol. The van der Waals surface area contributed by atoms with Crippen molar-refractivity contribution in [3.63, 3.8) is 0 Å². The van der Waals surface area contributed by atoms with Crippen molar-refractivity contribution in [2.45, 2.75) is 51.1 Å². The maximum absolute atomic E-state index is 14.1. The fourth-order valence-corrected chi connectivity index (χ4v) is 8.51. The van der Waals surface area contributed by atoms with E-state index in [2.05, 4.69) is 51.8 Å². The van der Waals surface area contributed by atoms with Crippen LogP contribution in [-0.2, 0) is 27.5 Å². The van der Waals surface area contributed by atoms with Crippen molar-refractivity contribution in [2.24, 2.45) is 11.8 Å². The maximum atomic E-state index is 14.1. The van der Waals surface area contributed by atoms with Gasteiger partial charge in [-0.1, -0.05) is 37.3 Å². The van der Waals surface area contributed by atoms with Crippen LogP contribution in [0, 0.1) is 11.8 Å². The predicted molar refractivity (Wildman–Crippen MR) is 199 cm³/mol. The minimum atomic E-state index is -0.892. The first-order chi connectivity index (χ1) is 26.4. The number of imidazole rings is 2. The molecule has 0 bridgehead atoms. The number of alkyl carbamates (subject to hydrolysis) is 1. The number of likely N-dealkylation sites (tertiary alicyclic amines) is 1. The molecule has 0 saturated carbocycles. The van der Waals surface area contributed by atoms with Gasteiger partial charge in [-0.25, -0.2) is 14.8 Å². The molecule has 54 heavy (non-hydrogen) atoms. The van der Waals surface area contributed by atoms with Crippen molar-refractivity contribution < 1.29 is 28.5 Å². The van der Waals surface area contributed by atoms with Crippen LogP contribution in [-0.4, -0.2) is 70.8 Å². The van der Waals surface area contributed by atoms with E-state index in [0.717, 1.165) is 88.1 Å². The van der Waals surface area contributed by atoms with Crippen LogP contribution in [0.5, 0.6) is 11.5 Å². The summed E-state index contributed by atoms with van der Waals surface area (Å²) in [6.07, 6.45) is 4.76. The summed E-state index contributed by atoms with van der Waals surface area (Å²) < 4.78 is 23.1. The van der Waals surface area contributed by atoms with E-state index in [1.54, 1.807) is 7.11 Å². The fraction of sp³-hybridized carbons (Fsp3) is 0.366. The third-order valence-electron chi connectivity index (χ3n) is 11.1. The van der Waals surface area contributed by atoms with E-state index < -0.39 is 12.1 Å². The van der Waals surface area contributed by atoms with Crippen LogP contribution >= 0.6 is 0 Å². The summed E-state index contributed by atoms with van der Waals surface area (Å²) in [5.74, 6) is 3.77. The standard InChI is InChI=1S/C41H43N7O6/c1-22-9-32(48(18-22)40(49)37(47-41(50)52-3)24-7-5-4-6-8-24)39-44-17-31(46-39)26-12-28-21-53-33-13-25(11-27-20-54-34(14-26)36(28)35(27)33)30-16-43-38(45-30)29-10-23(15-42-29)19-51-2/h4-8,11-14,16-17,22-23,29,32,37,42H,9-10,15,18-21H2,1-3H3,(H,43,45)(H,44,46)(H,47,50)/t22-,23-,29-,32-,37+/m0/s1. The summed E-state index contributed by atoms with van der Waals surface area (Å²) >= 11 is 0. The van der Waals surface area contributed by atoms with Crippen LogP contribution in [0.1, 0.15) is 66.2 Å². The van der Waals surface area contributed by atoms with Gasteiger partial charge in [0.05, 0.1) is 49.6 Å². The topological polar surface area (TPSA) is 156 Å². The first-order valence-corrected chi connectivity index (χ1v) is 18.5. The smallest absolute Gasteiger partial charge is 0.407 e. The van der Waals surface area contributed by atoms with E-state index in [-0.39, 0.29) is 23.9 Å². The second-order valence-electron chi connectivity index (χ2n) is 14.8. The lowest BCUT2D eigenvalue weighted by molar-refractivity contribution is -0.134. The number of ether oxygens (including phenoxy) is 4. The van der Waals surface area contributed by atoms with Gasteiger partial charge in [-0.3, -0.25) is 4.79 Å². The molecule has 2 saturated heterocycles. The van der Waals surface area contributed by atoms with Gasteiger partial charge < -0.3 is 44.4 Å². The fourth-order valence-electron chi connectivity index (χ4n) is 8.51. The molecular formula is C41H43N7O6. The number of nitrogens with zero attached hydrogens (tertiary/aromatic N) is 3. The Morgan fingerprint density at radius 2 is 1.56 bits per heavy atom. The van der Waals surface area contributed by atoms with Gasteiger partial charge in [0.2, 0.25) is 0 Å². The number of nitrogens with one attached hydrogen (secondary N) is 4. The Morgan fingerprint density at radius 1 is 0.907 bits per heavy atom. The van der Waals surface area contributed by atoms with Crippen molar-refractivity contribution in [2.75, 3.05) is 33.9 Å². The average molecular weight is 730 g/mol. The van der Waals surface area contributed by atoms with E-state index in [9.17, 15) is 9.59 Å². The Kier molecular flexibility index (Phi) is 8.82. The van der Waals surface area contributed by atoms with E-state index in [1.165, 1.54) is 7.11 Å². The summed E-state index contributed by atoms with van der Waals surface area (Å²) in [5.41, 5.74) is 8.61. The molecule has 4 aliphatic rings.